The number of para-hydroxylation sites is 1. The van der Waals surface area contributed by atoms with Crippen LogP contribution in [0, 0.1) is 0 Å². The van der Waals surface area contributed by atoms with E-state index in [1.165, 1.54) is 0 Å². The molecule has 0 spiro atoms. The molecule has 0 heterocycles. The Morgan fingerprint density at radius 2 is 1.96 bits per heavy atom. The summed E-state index contributed by atoms with van der Waals surface area (Å²) in [5, 5.41) is 4.84. The first-order chi connectivity index (χ1) is 13.5. The number of rotatable bonds is 10. The van der Waals surface area contributed by atoms with Crippen molar-refractivity contribution < 1.29 is 14.3 Å². The van der Waals surface area contributed by atoms with Crippen molar-refractivity contribution in [2.45, 2.75) is 39.2 Å². The van der Waals surface area contributed by atoms with Crippen LogP contribution in [0.15, 0.2) is 47.6 Å². The number of nitrogens with zero attached hydrogens (tertiary/aromatic N) is 1. The minimum Gasteiger partial charge on any atom is -0.493 e. The molecule has 0 aromatic heterocycles. The van der Waals surface area contributed by atoms with E-state index in [4.69, 9.17) is 32.7 Å². The lowest BCUT2D eigenvalue weighted by Crippen LogP contribution is -2.33. The van der Waals surface area contributed by atoms with Crippen molar-refractivity contribution in [1.82, 2.24) is 5.43 Å². The van der Waals surface area contributed by atoms with E-state index in [9.17, 15) is 4.79 Å². The zero-order valence-corrected chi connectivity index (χ0v) is 17.5. The minimum absolute atomic E-state index is 0.338. The number of nitrogens with one attached hydrogen (secondary N) is 1. The van der Waals surface area contributed by atoms with Gasteiger partial charge in [0.25, 0.3) is 5.91 Å². The van der Waals surface area contributed by atoms with Crippen LogP contribution in [0.25, 0.3) is 0 Å². The fraction of sp³-hybridized carbons (Fsp3) is 0.333. The van der Waals surface area contributed by atoms with Gasteiger partial charge in [-0.05, 0) is 43.7 Å². The summed E-state index contributed by atoms with van der Waals surface area (Å²) in [6, 6.07) is 12.3. The number of carbonyl (C=O) groups is 1. The molecule has 0 aliphatic rings. The number of halogens is 2. The molecule has 150 valence electrons. The normalized spacial score (nSPS) is 12.0. The lowest BCUT2D eigenvalue weighted by Gasteiger charge is -2.14. The average molecular weight is 423 g/mol. The summed E-state index contributed by atoms with van der Waals surface area (Å²) >= 11 is 11.9. The van der Waals surface area contributed by atoms with Crippen LogP contribution in [0.2, 0.25) is 10.0 Å². The highest BCUT2D eigenvalue weighted by molar-refractivity contribution is 6.35. The maximum atomic E-state index is 12.2. The van der Waals surface area contributed by atoms with Gasteiger partial charge in [0.2, 0.25) is 0 Å². The Balaban J connectivity index is 1.90. The summed E-state index contributed by atoms with van der Waals surface area (Å²) in [6.45, 7) is 4.41. The van der Waals surface area contributed by atoms with Gasteiger partial charge in [0.15, 0.2) is 6.10 Å². The number of amides is 1. The number of hydrogen-bond donors (Lipinski definition) is 1. The number of unbranched alkanes of at least 4 members (excludes halogenated alkanes) is 2. The SMILES string of the molecule is CCCCCOc1ccccc1C=NNC(=O)C(C)Oc1ccc(Cl)cc1Cl. The van der Waals surface area contributed by atoms with Crippen LogP contribution in [0.1, 0.15) is 38.7 Å². The van der Waals surface area contributed by atoms with E-state index in [1.807, 2.05) is 24.3 Å². The molecule has 0 radical (unpaired) electrons. The van der Waals surface area contributed by atoms with Gasteiger partial charge in [-0.2, -0.15) is 5.10 Å². The maximum absolute atomic E-state index is 12.2. The van der Waals surface area contributed by atoms with Crippen molar-refractivity contribution in [1.29, 1.82) is 0 Å². The molecule has 2 aromatic rings. The van der Waals surface area contributed by atoms with Crippen LogP contribution in [0.3, 0.4) is 0 Å². The lowest BCUT2D eigenvalue weighted by atomic mass is 10.2. The number of ether oxygens (including phenoxy) is 2. The van der Waals surface area contributed by atoms with Gasteiger partial charge in [-0.25, -0.2) is 5.43 Å². The van der Waals surface area contributed by atoms with Crippen LogP contribution in [-0.2, 0) is 4.79 Å². The zero-order chi connectivity index (χ0) is 20.4. The molecule has 0 bridgehead atoms. The van der Waals surface area contributed by atoms with E-state index in [0.29, 0.717) is 22.4 Å². The van der Waals surface area contributed by atoms with Gasteiger partial charge in [-0.1, -0.05) is 55.1 Å². The van der Waals surface area contributed by atoms with Gasteiger partial charge in [-0.3, -0.25) is 4.79 Å². The first-order valence-corrected chi connectivity index (χ1v) is 9.93. The summed E-state index contributed by atoms with van der Waals surface area (Å²) < 4.78 is 11.4. The maximum Gasteiger partial charge on any atom is 0.280 e. The third-order valence-corrected chi connectivity index (χ3v) is 4.40. The Hall–Kier alpha value is -2.24. The van der Waals surface area contributed by atoms with Crippen molar-refractivity contribution >= 4 is 35.3 Å². The van der Waals surface area contributed by atoms with Gasteiger partial charge in [0, 0.05) is 10.6 Å². The highest BCUT2D eigenvalue weighted by atomic mass is 35.5. The topological polar surface area (TPSA) is 59.9 Å². The first-order valence-electron chi connectivity index (χ1n) is 9.17. The Morgan fingerprint density at radius 3 is 2.71 bits per heavy atom. The first kappa shape index (κ1) is 22.1. The predicted octanol–water partition coefficient (Wildman–Crippen LogP) is 5.48. The number of benzene rings is 2. The molecule has 2 rings (SSSR count). The second kappa shape index (κ2) is 11.6. The smallest absolute Gasteiger partial charge is 0.280 e. The molecule has 1 atom stereocenters. The summed E-state index contributed by atoms with van der Waals surface area (Å²) in [7, 11) is 0. The molecule has 1 unspecified atom stereocenters. The molecule has 28 heavy (non-hydrogen) atoms. The fourth-order valence-electron chi connectivity index (χ4n) is 2.32. The fourth-order valence-corrected chi connectivity index (χ4v) is 2.78. The highest BCUT2D eigenvalue weighted by Crippen LogP contribution is 2.28. The Morgan fingerprint density at radius 1 is 1.18 bits per heavy atom. The molecule has 1 amide bonds. The van der Waals surface area contributed by atoms with E-state index < -0.39 is 12.0 Å². The van der Waals surface area contributed by atoms with E-state index in [0.717, 1.165) is 30.6 Å². The number of hydrogen-bond acceptors (Lipinski definition) is 4. The van der Waals surface area contributed by atoms with E-state index >= 15 is 0 Å². The molecule has 2 aromatic carbocycles. The molecule has 0 fully saturated rings. The quantitative estimate of drug-likeness (QED) is 0.313. The summed E-state index contributed by atoms with van der Waals surface area (Å²) in [5.74, 6) is 0.709. The minimum atomic E-state index is -0.781. The summed E-state index contributed by atoms with van der Waals surface area (Å²) in [5.41, 5.74) is 3.25. The van der Waals surface area contributed by atoms with Crippen LogP contribution >= 0.6 is 23.2 Å². The summed E-state index contributed by atoms with van der Waals surface area (Å²) in [4.78, 5) is 12.2. The second-order valence-corrected chi connectivity index (χ2v) is 7.01. The molecular formula is C21H24Cl2N2O3. The largest absolute Gasteiger partial charge is 0.493 e. The Bertz CT molecular complexity index is 812. The van der Waals surface area contributed by atoms with E-state index in [2.05, 4.69) is 17.5 Å². The van der Waals surface area contributed by atoms with Crippen molar-refractivity contribution in [2.75, 3.05) is 6.61 Å². The Kier molecular flexibility index (Phi) is 9.11. The zero-order valence-electron chi connectivity index (χ0n) is 16.0. The average Bonchev–Trinajstić information content (AvgIpc) is 2.68. The van der Waals surface area contributed by atoms with Gasteiger partial charge in [-0.15, -0.1) is 0 Å². The molecule has 5 nitrogen and oxygen atoms in total. The highest BCUT2D eigenvalue weighted by Gasteiger charge is 2.15. The second-order valence-electron chi connectivity index (χ2n) is 6.16. The van der Waals surface area contributed by atoms with Crippen molar-refractivity contribution in [3.63, 3.8) is 0 Å². The van der Waals surface area contributed by atoms with Crippen molar-refractivity contribution in [2.24, 2.45) is 5.10 Å². The van der Waals surface area contributed by atoms with Crippen LogP contribution in [0.4, 0.5) is 0 Å². The predicted molar refractivity (Wildman–Crippen MR) is 114 cm³/mol. The van der Waals surface area contributed by atoms with Crippen LogP contribution in [0.5, 0.6) is 11.5 Å². The summed E-state index contributed by atoms with van der Waals surface area (Å²) in [6.07, 6.45) is 4.04. The monoisotopic (exact) mass is 422 g/mol. The van der Waals surface area contributed by atoms with Crippen LogP contribution in [-0.4, -0.2) is 24.8 Å². The molecule has 0 saturated heterocycles. The van der Waals surface area contributed by atoms with Gasteiger partial charge in [0.05, 0.1) is 17.8 Å². The molecule has 0 aliphatic heterocycles. The van der Waals surface area contributed by atoms with E-state index in [1.54, 1.807) is 31.3 Å². The molecule has 0 saturated carbocycles. The lowest BCUT2D eigenvalue weighted by molar-refractivity contribution is -0.127. The third-order valence-electron chi connectivity index (χ3n) is 3.87. The molecule has 0 aliphatic carbocycles. The third kappa shape index (κ3) is 7.06. The van der Waals surface area contributed by atoms with Gasteiger partial charge < -0.3 is 9.47 Å². The molecule has 7 heteroatoms. The van der Waals surface area contributed by atoms with Crippen molar-refractivity contribution in [3.05, 3.63) is 58.1 Å². The Labute approximate surface area is 175 Å². The standard InChI is InChI=1S/C21H24Cl2N2O3/c1-3-4-7-12-27-19-9-6-5-8-16(19)14-24-25-21(26)15(2)28-20-11-10-17(22)13-18(20)23/h5-6,8-11,13-15H,3-4,7,12H2,1-2H3,(H,25,26). The molecule has 1 N–H and O–H groups in total. The van der Waals surface area contributed by atoms with E-state index in [-0.39, 0.29) is 0 Å². The molecular weight excluding hydrogens is 399 g/mol. The van der Waals surface area contributed by atoms with Crippen molar-refractivity contribution in [3.8, 4) is 11.5 Å². The van der Waals surface area contributed by atoms with Gasteiger partial charge in [0.1, 0.15) is 11.5 Å². The number of carbonyl (C=O) groups excluding carboxylic acids is 1. The van der Waals surface area contributed by atoms with Crippen LogP contribution < -0.4 is 14.9 Å². The van der Waals surface area contributed by atoms with Gasteiger partial charge >= 0.3 is 0 Å². The number of hydrazone groups is 1.